The first-order valence-corrected chi connectivity index (χ1v) is 7.22. The summed E-state index contributed by atoms with van der Waals surface area (Å²) in [5, 5.41) is 4.17. The minimum absolute atomic E-state index is 0.100. The lowest BCUT2D eigenvalue weighted by Gasteiger charge is -2.11. The van der Waals surface area contributed by atoms with Crippen LogP contribution in [0.2, 0.25) is 15.1 Å². The molecular formula is C13H8BrCl3FN. The molecule has 0 saturated heterocycles. The summed E-state index contributed by atoms with van der Waals surface area (Å²) >= 11 is 21.1. The lowest BCUT2D eigenvalue weighted by atomic mass is 10.2. The van der Waals surface area contributed by atoms with Crippen molar-refractivity contribution in [1.82, 2.24) is 0 Å². The van der Waals surface area contributed by atoms with Gasteiger partial charge in [-0.3, -0.25) is 0 Å². The van der Waals surface area contributed by atoms with Gasteiger partial charge in [0.05, 0.1) is 20.8 Å². The molecule has 1 nitrogen and oxygen atoms in total. The summed E-state index contributed by atoms with van der Waals surface area (Å²) in [6, 6.07) is 8.09. The van der Waals surface area contributed by atoms with Gasteiger partial charge in [-0.05, 0) is 29.8 Å². The number of hydrogen-bond donors (Lipinski definition) is 1. The Morgan fingerprint density at radius 1 is 1.00 bits per heavy atom. The Morgan fingerprint density at radius 2 is 1.63 bits per heavy atom. The Bertz CT molecular complexity index is 596. The molecule has 0 amide bonds. The highest BCUT2D eigenvalue weighted by Gasteiger charge is 2.08. The molecule has 0 aliphatic rings. The molecule has 0 aliphatic heterocycles. The fraction of sp³-hybridized carbons (Fsp3) is 0.0769. The summed E-state index contributed by atoms with van der Waals surface area (Å²) in [6.07, 6.45) is 0. The fourth-order valence-electron chi connectivity index (χ4n) is 1.55. The summed E-state index contributed by atoms with van der Waals surface area (Å²) in [6.45, 7) is 0.398. The van der Waals surface area contributed by atoms with Gasteiger partial charge in [0.25, 0.3) is 0 Å². The molecule has 1 N–H and O–H groups in total. The van der Waals surface area contributed by atoms with Crippen LogP contribution in [0.15, 0.2) is 34.8 Å². The van der Waals surface area contributed by atoms with Crippen LogP contribution in [0.1, 0.15) is 5.56 Å². The zero-order chi connectivity index (χ0) is 14.0. The smallest absolute Gasteiger partial charge is 0.142 e. The van der Waals surface area contributed by atoms with Crippen molar-refractivity contribution in [2.45, 2.75) is 6.54 Å². The SMILES string of the molecule is Fc1cc(CNc2c(Cl)cc(Br)cc2Cl)ccc1Cl. The summed E-state index contributed by atoms with van der Waals surface area (Å²) in [5.74, 6) is -0.450. The van der Waals surface area contributed by atoms with Gasteiger partial charge in [-0.1, -0.05) is 56.8 Å². The third-order valence-corrected chi connectivity index (χ3v) is 3.82. The Hall–Kier alpha value is -0.480. The zero-order valence-electron chi connectivity index (χ0n) is 9.48. The average Bonchev–Trinajstić information content (AvgIpc) is 2.32. The monoisotopic (exact) mass is 381 g/mol. The van der Waals surface area contributed by atoms with Gasteiger partial charge in [0.15, 0.2) is 0 Å². The summed E-state index contributed by atoms with van der Waals surface area (Å²) in [7, 11) is 0. The van der Waals surface area contributed by atoms with Crippen LogP contribution in [-0.2, 0) is 6.54 Å². The van der Waals surface area contributed by atoms with Crippen LogP contribution in [0.3, 0.4) is 0 Å². The van der Waals surface area contributed by atoms with Gasteiger partial charge in [-0.25, -0.2) is 4.39 Å². The fourth-order valence-corrected chi connectivity index (χ4v) is 3.01. The summed E-state index contributed by atoms with van der Waals surface area (Å²) in [4.78, 5) is 0. The number of nitrogens with one attached hydrogen (secondary N) is 1. The second-order valence-corrected chi connectivity index (χ2v) is 5.98. The Kier molecular flexibility index (Phi) is 4.96. The summed E-state index contributed by atoms with van der Waals surface area (Å²) < 4.78 is 14.1. The predicted octanol–water partition coefficient (Wildman–Crippen LogP) is 6.16. The van der Waals surface area contributed by atoms with Crippen LogP contribution in [0, 0.1) is 5.82 Å². The average molecular weight is 383 g/mol. The first kappa shape index (κ1) is 14.9. The lowest BCUT2D eigenvalue weighted by Crippen LogP contribution is -2.01. The Morgan fingerprint density at radius 3 is 2.21 bits per heavy atom. The van der Waals surface area contributed by atoms with Crippen molar-refractivity contribution in [2.24, 2.45) is 0 Å². The van der Waals surface area contributed by atoms with Crippen LogP contribution in [-0.4, -0.2) is 0 Å². The first-order chi connectivity index (χ1) is 8.97. The van der Waals surface area contributed by atoms with Gasteiger partial charge in [-0.15, -0.1) is 0 Å². The maximum Gasteiger partial charge on any atom is 0.142 e. The van der Waals surface area contributed by atoms with Crippen LogP contribution in [0.25, 0.3) is 0 Å². The van der Waals surface area contributed by atoms with E-state index in [2.05, 4.69) is 21.2 Å². The van der Waals surface area contributed by atoms with Crippen molar-refractivity contribution >= 4 is 56.4 Å². The van der Waals surface area contributed by atoms with E-state index in [4.69, 9.17) is 34.8 Å². The molecule has 0 fully saturated rings. The van der Waals surface area contributed by atoms with Gasteiger partial charge in [-0.2, -0.15) is 0 Å². The van der Waals surface area contributed by atoms with Crippen LogP contribution in [0.5, 0.6) is 0 Å². The van der Waals surface area contributed by atoms with E-state index in [1.54, 1.807) is 18.2 Å². The molecule has 0 spiro atoms. The molecule has 0 aliphatic carbocycles. The van der Waals surface area contributed by atoms with Gasteiger partial charge in [0, 0.05) is 11.0 Å². The minimum Gasteiger partial charge on any atom is -0.379 e. The molecule has 0 bridgehead atoms. The molecule has 0 saturated carbocycles. The van der Waals surface area contributed by atoms with Crippen molar-refractivity contribution in [2.75, 3.05) is 5.32 Å². The lowest BCUT2D eigenvalue weighted by molar-refractivity contribution is 0.626. The predicted molar refractivity (Wildman–Crippen MR) is 82.9 cm³/mol. The number of hydrogen-bond acceptors (Lipinski definition) is 1. The topological polar surface area (TPSA) is 12.0 Å². The zero-order valence-corrected chi connectivity index (χ0v) is 13.3. The molecule has 2 aromatic rings. The van der Waals surface area contributed by atoms with E-state index in [1.165, 1.54) is 12.1 Å². The Labute approximate surface area is 133 Å². The van der Waals surface area contributed by atoms with Crippen molar-refractivity contribution in [3.63, 3.8) is 0 Å². The second-order valence-electron chi connectivity index (χ2n) is 3.85. The maximum absolute atomic E-state index is 13.3. The quantitative estimate of drug-likeness (QED) is 0.669. The minimum atomic E-state index is -0.450. The number of anilines is 1. The summed E-state index contributed by atoms with van der Waals surface area (Å²) in [5.41, 5.74) is 1.36. The first-order valence-electron chi connectivity index (χ1n) is 5.29. The van der Waals surface area contributed by atoms with E-state index in [-0.39, 0.29) is 5.02 Å². The second kappa shape index (κ2) is 6.31. The van der Waals surface area contributed by atoms with Gasteiger partial charge in [0.1, 0.15) is 5.82 Å². The maximum atomic E-state index is 13.3. The van der Waals surface area contributed by atoms with Crippen LogP contribution in [0.4, 0.5) is 10.1 Å². The molecule has 100 valence electrons. The molecule has 2 rings (SSSR count). The van der Waals surface area contributed by atoms with E-state index in [0.717, 1.165) is 10.0 Å². The van der Waals surface area contributed by atoms with E-state index >= 15 is 0 Å². The third-order valence-electron chi connectivity index (χ3n) is 2.46. The highest BCUT2D eigenvalue weighted by atomic mass is 79.9. The largest absolute Gasteiger partial charge is 0.379 e. The van der Waals surface area contributed by atoms with E-state index < -0.39 is 5.82 Å². The molecule has 0 aromatic heterocycles. The molecule has 19 heavy (non-hydrogen) atoms. The van der Waals surface area contributed by atoms with Gasteiger partial charge >= 0.3 is 0 Å². The highest BCUT2D eigenvalue weighted by molar-refractivity contribution is 9.10. The number of rotatable bonds is 3. The van der Waals surface area contributed by atoms with E-state index in [0.29, 0.717) is 22.3 Å². The van der Waals surface area contributed by atoms with Crippen LogP contribution >= 0.6 is 50.7 Å². The highest BCUT2D eigenvalue weighted by Crippen LogP contribution is 2.34. The van der Waals surface area contributed by atoms with Crippen molar-refractivity contribution in [3.05, 3.63) is 61.3 Å². The van der Waals surface area contributed by atoms with Gasteiger partial charge in [0.2, 0.25) is 0 Å². The van der Waals surface area contributed by atoms with Crippen molar-refractivity contribution in [3.8, 4) is 0 Å². The molecule has 6 heteroatoms. The molecule has 0 radical (unpaired) electrons. The van der Waals surface area contributed by atoms with Crippen molar-refractivity contribution in [1.29, 1.82) is 0 Å². The van der Waals surface area contributed by atoms with Crippen molar-refractivity contribution < 1.29 is 4.39 Å². The molecule has 0 heterocycles. The molecule has 2 aromatic carbocycles. The van der Waals surface area contributed by atoms with Crippen LogP contribution < -0.4 is 5.32 Å². The van der Waals surface area contributed by atoms with Gasteiger partial charge < -0.3 is 5.32 Å². The number of halogens is 5. The third kappa shape index (κ3) is 3.76. The van der Waals surface area contributed by atoms with E-state index in [1.807, 2.05) is 0 Å². The Balaban J connectivity index is 2.16. The molecule has 0 atom stereocenters. The standard InChI is InChI=1S/C13H8BrCl3FN/c14-8-4-10(16)13(11(17)5-8)19-6-7-1-2-9(15)12(18)3-7/h1-5,19H,6H2. The number of benzene rings is 2. The molecular weight excluding hydrogens is 375 g/mol. The van der Waals surface area contributed by atoms with E-state index in [9.17, 15) is 4.39 Å². The molecule has 0 unspecified atom stereocenters. The normalized spacial score (nSPS) is 10.6.